The SMILES string of the molecule is N#CCCN(CCC#N)S(=O)(=O)c1ccc(Nc2ccc(O)c3c2C(=O)c2ccccc2C3=O)cc1. The van der Waals surface area contributed by atoms with E-state index in [9.17, 15) is 23.1 Å². The van der Waals surface area contributed by atoms with Crippen LogP contribution in [0.15, 0.2) is 65.6 Å². The van der Waals surface area contributed by atoms with E-state index in [4.69, 9.17) is 10.5 Å². The van der Waals surface area contributed by atoms with Gasteiger partial charge in [0.05, 0.1) is 33.8 Å². The van der Waals surface area contributed by atoms with Crippen LogP contribution in [0.4, 0.5) is 11.4 Å². The molecule has 0 spiro atoms. The Morgan fingerprint density at radius 3 is 1.92 bits per heavy atom. The number of hydrogen-bond donors (Lipinski definition) is 2. The first kappa shape index (κ1) is 24.6. The first-order valence-corrected chi connectivity index (χ1v) is 12.4. The number of anilines is 2. The Hall–Kier alpha value is -4.51. The Labute approximate surface area is 207 Å². The van der Waals surface area contributed by atoms with Crippen molar-refractivity contribution in [1.82, 2.24) is 4.31 Å². The van der Waals surface area contributed by atoms with Crippen LogP contribution < -0.4 is 5.32 Å². The van der Waals surface area contributed by atoms with E-state index < -0.39 is 21.6 Å². The number of nitrogens with zero attached hydrogens (tertiary/aromatic N) is 3. The summed E-state index contributed by atoms with van der Waals surface area (Å²) in [5, 5.41) is 31.1. The minimum absolute atomic E-state index is 0.00780. The second-order valence-corrected chi connectivity index (χ2v) is 9.89. The summed E-state index contributed by atoms with van der Waals surface area (Å²) in [7, 11) is -3.93. The van der Waals surface area contributed by atoms with Gasteiger partial charge in [0.2, 0.25) is 10.0 Å². The maximum atomic E-state index is 13.2. The van der Waals surface area contributed by atoms with E-state index in [0.717, 1.165) is 4.31 Å². The molecule has 0 aromatic heterocycles. The molecule has 0 fully saturated rings. The van der Waals surface area contributed by atoms with Gasteiger partial charge in [-0.05, 0) is 36.4 Å². The molecule has 0 amide bonds. The van der Waals surface area contributed by atoms with Gasteiger partial charge in [-0.15, -0.1) is 0 Å². The Bertz CT molecular complexity index is 1530. The first-order chi connectivity index (χ1) is 17.3. The van der Waals surface area contributed by atoms with Crippen molar-refractivity contribution in [2.24, 2.45) is 0 Å². The van der Waals surface area contributed by atoms with Crippen LogP contribution in [-0.4, -0.2) is 42.5 Å². The number of carbonyl (C=O) groups is 2. The van der Waals surface area contributed by atoms with Crippen molar-refractivity contribution >= 4 is 33.0 Å². The van der Waals surface area contributed by atoms with Gasteiger partial charge in [-0.3, -0.25) is 9.59 Å². The maximum absolute atomic E-state index is 13.2. The summed E-state index contributed by atoms with van der Waals surface area (Å²) in [5.74, 6) is -1.18. The second kappa shape index (κ2) is 10.0. The van der Waals surface area contributed by atoms with Crippen LogP contribution in [0, 0.1) is 22.7 Å². The van der Waals surface area contributed by atoms with Crippen molar-refractivity contribution in [2.75, 3.05) is 18.4 Å². The fourth-order valence-corrected chi connectivity index (χ4v) is 5.47. The van der Waals surface area contributed by atoms with E-state index in [0.29, 0.717) is 5.69 Å². The van der Waals surface area contributed by atoms with Crippen LogP contribution >= 0.6 is 0 Å². The van der Waals surface area contributed by atoms with Crippen LogP contribution in [0.3, 0.4) is 0 Å². The van der Waals surface area contributed by atoms with Crippen LogP contribution in [0.2, 0.25) is 0 Å². The van der Waals surface area contributed by atoms with Gasteiger partial charge in [0, 0.05) is 42.7 Å². The van der Waals surface area contributed by atoms with E-state index in [1.807, 2.05) is 12.1 Å². The molecule has 9 nitrogen and oxygen atoms in total. The number of rotatable bonds is 8. The lowest BCUT2D eigenvalue weighted by atomic mass is 9.82. The molecule has 36 heavy (non-hydrogen) atoms. The molecule has 0 unspecified atom stereocenters. The fourth-order valence-electron chi connectivity index (χ4n) is 4.03. The zero-order valence-corrected chi connectivity index (χ0v) is 19.7. The number of nitrogens with one attached hydrogen (secondary N) is 1. The van der Waals surface area contributed by atoms with E-state index in [-0.39, 0.29) is 64.5 Å². The summed E-state index contributed by atoms with van der Waals surface area (Å²) in [5.41, 5.74) is 1.13. The maximum Gasteiger partial charge on any atom is 0.243 e. The largest absolute Gasteiger partial charge is 0.507 e. The van der Waals surface area contributed by atoms with Crippen molar-refractivity contribution in [3.05, 3.63) is 82.9 Å². The summed E-state index contributed by atoms with van der Waals surface area (Å²) >= 11 is 0. The molecule has 0 atom stereocenters. The Morgan fingerprint density at radius 1 is 0.806 bits per heavy atom. The van der Waals surface area contributed by atoms with E-state index in [1.54, 1.807) is 18.2 Å². The van der Waals surface area contributed by atoms with E-state index >= 15 is 0 Å². The zero-order chi connectivity index (χ0) is 25.9. The number of fused-ring (bicyclic) bond motifs is 2. The summed E-state index contributed by atoms with van der Waals surface area (Å²) < 4.78 is 27.1. The molecular formula is C26H20N4O5S. The van der Waals surface area contributed by atoms with Crippen molar-refractivity contribution < 1.29 is 23.1 Å². The predicted molar refractivity (Wildman–Crippen MR) is 130 cm³/mol. The Kier molecular flexibility index (Phi) is 6.84. The summed E-state index contributed by atoms with van der Waals surface area (Å²) in [6.07, 6.45) is -0.0156. The quantitative estimate of drug-likeness (QED) is 0.347. The molecule has 0 saturated heterocycles. The molecule has 0 radical (unpaired) electrons. The fraction of sp³-hybridized carbons (Fsp3) is 0.154. The molecule has 180 valence electrons. The van der Waals surface area contributed by atoms with E-state index in [1.165, 1.54) is 42.5 Å². The van der Waals surface area contributed by atoms with Crippen molar-refractivity contribution in [2.45, 2.75) is 17.7 Å². The van der Waals surface area contributed by atoms with Gasteiger partial charge in [-0.25, -0.2) is 8.42 Å². The van der Waals surface area contributed by atoms with Gasteiger partial charge < -0.3 is 10.4 Å². The van der Waals surface area contributed by atoms with Gasteiger partial charge >= 0.3 is 0 Å². The number of phenols is 1. The second-order valence-electron chi connectivity index (χ2n) is 7.96. The lowest BCUT2D eigenvalue weighted by Gasteiger charge is -2.22. The Morgan fingerprint density at radius 2 is 1.36 bits per heavy atom. The minimum atomic E-state index is -3.93. The van der Waals surface area contributed by atoms with Gasteiger partial charge in [-0.1, -0.05) is 24.3 Å². The third-order valence-electron chi connectivity index (χ3n) is 5.77. The first-order valence-electron chi connectivity index (χ1n) is 10.9. The van der Waals surface area contributed by atoms with Crippen LogP contribution in [0.25, 0.3) is 0 Å². The molecule has 3 aromatic carbocycles. The lowest BCUT2D eigenvalue weighted by molar-refractivity contribution is 0.0977. The number of benzene rings is 3. The minimum Gasteiger partial charge on any atom is -0.507 e. The smallest absolute Gasteiger partial charge is 0.243 e. The molecule has 0 saturated carbocycles. The normalized spacial score (nSPS) is 12.4. The van der Waals surface area contributed by atoms with Gasteiger partial charge in [0.1, 0.15) is 5.75 Å². The highest BCUT2D eigenvalue weighted by atomic mass is 32.2. The molecule has 0 heterocycles. The van der Waals surface area contributed by atoms with Crippen LogP contribution in [0.5, 0.6) is 5.75 Å². The summed E-state index contributed by atoms with van der Waals surface area (Å²) in [6.45, 7) is -0.0600. The highest BCUT2D eigenvalue weighted by Gasteiger charge is 2.34. The molecule has 3 aromatic rings. The molecule has 1 aliphatic rings. The third kappa shape index (κ3) is 4.43. The lowest BCUT2D eigenvalue weighted by Crippen LogP contribution is -2.32. The number of phenolic OH excluding ortho intramolecular Hbond substituents is 1. The number of sulfonamides is 1. The molecule has 4 rings (SSSR count). The zero-order valence-electron chi connectivity index (χ0n) is 18.9. The van der Waals surface area contributed by atoms with Gasteiger partial charge in [-0.2, -0.15) is 14.8 Å². The average Bonchev–Trinajstić information content (AvgIpc) is 2.88. The highest BCUT2D eigenvalue weighted by molar-refractivity contribution is 7.89. The molecule has 1 aliphatic carbocycles. The number of carbonyl (C=O) groups excluding carboxylic acids is 2. The molecule has 0 aliphatic heterocycles. The van der Waals surface area contributed by atoms with Crippen molar-refractivity contribution in [1.29, 1.82) is 10.5 Å². The van der Waals surface area contributed by atoms with E-state index in [2.05, 4.69) is 5.32 Å². The number of ketones is 2. The summed E-state index contributed by atoms with van der Waals surface area (Å²) in [4.78, 5) is 26.2. The van der Waals surface area contributed by atoms with Crippen molar-refractivity contribution in [3.8, 4) is 17.9 Å². The third-order valence-corrected chi connectivity index (χ3v) is 7.68. The molecule has 0 bridgehead atoms. The number of nitriles is 2. The van der Waals surface area contributed by atoms with Crippen LogP contribution in [0.1, 0.15) is 44.7 Å². The van der Waals surface area contributed by atoms with Crippen LogP contribution in [-0.2, 0) is 10.0 Å². The standard InChI is InChI=1S/C26H20N4O5S/c27-13-3-15-30(16-4-14-28)36(34,35)18-9-7-17(8-10-18)29-21-11-12-22(31)24-23(21)25(32)19-5-1-2-6-20(19)26(24)33/h1-2,5-12,29,31H,3-4,15-16H2. The highest BCUT2D eigenvalue weighted by Crippen LogP contribution is 2.38. The molecular weight excluding hydrogens is 480 g/mol. The van der Waals surface area contributed by atoms with Gasteiger partial charge in [0.25, 0.3) is 0 Å². The Balaban J connectivity index is 1.65. The van der Waals surface area contributed by atoms with Gasteiger partial charge in [0.15, 0.2) is 11.6 Å². The molecule has 2 N–H and O–H groups in total. The number of hydrogen-bond acceptors (Lipinski definition) is 8. The van der Waals surface area contributed by atoms with Crippen molar-refractivity contribution in [3.63, 3.8) is 0 Å². The number of aromatic hydroxyl groups is 1. The molecule has 10 heteroatoms. The summed E-state index contributed by atoms with van der Waals surface area (Å²) in [6, 6.07) is 18.7. The monoisotopic (exact) mass is 500 g/mol. The predicted octanol–water partition coefficient (Wildman–Crippen LogP) is 3.73. The average molecular weight is 501 g/mol. The topological polar surface area (TPSA) is 151 Å².